The van der Waals surface area contributed by atoms with Gasteiger partial charge in [-0.25, -0.2) is 0 Å². The molecular weight excluding hydrogens is 138 g/mol. The van der Waals surface area contributed by atoms with Crippen LogP contribution in [0, 0.1) is 11.8 Å². The van der Waals surface area contributed by atoms with Gasteiger partial charge in [0.1, 0.15) is 0 Å². The maximum absolute atomic E-state index is 11.5. The molecule has 1 unspecified atom stereocenters. The molecule has 2 nitrogen and oxygen atoms in total. The van der Waals surface area contributed by atoms with E-state index in [9.17, 15) is 4.79 Å². The Labute approximate surface area is 67.6 Å². The highest BCUT2D eigenvalue weighted by molar-refractivity contribution is 5.82. The second-order valence-electron chi connectivity index (χ2n) is 4.03. The van der Waals surface area contributed by atoms with Crippen molar-refractivity contribution in [3.8, 4) is 0 Å². The molecule has 2 fully saturated rings. The van der Waals surface area contributed by atoms with Crippen molar-refractivity contribution in [2.45, 2.75) is 32.7 Å². The third-order valence-corrected chi connectivity index (χ3v) is 3.07. The van der Waals surface area contributed by atoms with Crippen LogP contribution >= 0.6 is 0 Å². The van der Waals surface area contributed by atoms with Crippen LogP contribution in [0.4, 0.5) is 0 Å². The van der Waals surface area contributed by atoms with Crippen molar-refractivity contribution < 1.29 is 4.79 Å². The van der Waals surface area contributed by atoms with Gasteiger partial charge in [0, 0.05) is 18.5 Å². The van der Waals surface area contributed by atoms with E-state index in [4.69, 9.17) is 0 Å². The summed E-state index contributed by atoms with van der Waals surface area (Å²) < 4.78 is 0. The topological polar surface area (TPSA) is 20.3 Å². The van der Waals surface area contributed by atoms with Crippen LogP contribution in [0.2, 0.25) is 0 Å². The summed E-state index contributed by atoms with van der Waals surface area (Å²) in [6.45, 7) is 5.23. The molecule has 11 heavy (non-hydrogen) atoms. The minimum Gasteiger partial charge on any atom is -0.340 e. The Balaban J connectivity index is 2.09. The molecule has 0 radical (unpaired) electrons. The molecule has 1 amide bonds. The van der Waals surface area contributed by atoms with Crippen LogP contribution in [0.5, 0.6) is 0 Å². The molecular formula is C9H15NO. The zero-order valence-electron chi connectivity index (χ0n) is 7.21. The van der Waals surface area contributed by atoms with Gasteiger partial charge in [0.2, 0.25) is 5.91 Å². The van der Waals surface area contributed by atoms with E-state index in [1.54, 1.807) is 0 Å². The number of fused-ring (bicyclic) bond motifs is 1. The Kier molecular flexibility index (Phi) is 1.44. The summed E-state index contributed by atoms with van der Waals surface area (Å²) in [7, 11) is 0. The van der Waals surface area contributed by atoms with Crippen LogP contribution in [-0.2, 0) is 4.79 Å². The summed E-state index contributed by atoms with van der Waals surface area (Å²) in [6.07, 6.45) is 2.42. The molecule has 0 N–H and O–H groups in total. The number of hydrogen-bond donors (Lipinski definition) is 0. The highest BCUT2D eigenvalue weighted by Gasteiger charge is 2.46. The van der Waals surface area contributed by atoms with Gasteiger partial charge in [0.05, 0.1) is 0 Å². The number of nitrogens with zero attached hydrogens (tertiary/aromatic N) is 1. The van der Waals surface area contributed by atoms with Crippen molar-refractivity contribution in [2.24, 2.45) is 11.8 Å². The summed E-state index contributed by atoms with van der Waals surface area (Å²) in [6, 6.07) is 0.410. The van der Waals surface area contributed by atoms with E-state index in [0.717, 1.165) is 13.0 Å². The van der Waals surface area contributed by atoms with E-state index in [0.29, 0.717) is 23.8 Å². The Morgan fingerprint density at radius 1 is 1.45 bits per heavy atom. The molecule has 1 heterocycles. The molecule has 1 saturated heterocycles. The monoisotopic (exact) mass is 153 g/mol. The number of carbonyl (C=O) groups excluding carboxylic acids is 1. The smallest absolute Gasteiger partial charge is 0.226 e. The SMILES string of the molecule is CC(C)N1C[C@H]2CCC2C1=O. The molecule has 1 aliphatic carbocycles. The number of hydrogen-bond acceptors (Lipinski definition) is 1. The molecule has 1 saturated carbocycles. The summed E-state index contributed by atoms with van der Waals surface area (Å²) in [4.78, 5) is 13.6. The van der Waals surface area contributed by atoms with Gasteiger partial charge >= 0.3 is 0 Å². The van der Waals surface area contributed by atoms with Crippen LogP contribution in [0.1, 0.15) is 26.7 Å². The lowest BCUT2D eigenvalue weighted by Crippen LogP contribution is -2.33. The third kappa shape index (κ3) is 0.883. The van der Waals surface area contributed by atoms with E-state index >= 15 is 0 Å². The Morgan fingerprint density at radius 2 is 2.18 bits per heavy atom. The largest absolute Gasteiger partial charge is 0.340 e. The van der Waals surface area contributed by atoms with Crippen LogP contribution in [0.3, 0.4) is 0 Å². The minimum atomic E-state index is 0.410. The minimum absolute atomic E-state index is 0.410. The molecule has 0 aromatic heterocycles. The average molecular weight is 153 g/mol. The number of likely N-dealkylation sites (tertiary alicyclic amines) is 1. The first-order valence-corrected chi connectivity index (χ1v) is 4.50. The van der Waals surface area contributed by atoms with Crippen molar-refractivity contribution in [3.05, 3.63) is 0 Å². The molecule has 0 bridgehead atoms. The van der Waals surface area contributed by atoms with Gasteiger partial charge in [-0.2, -0.15) is 0 Å². The molecule has 2 rings (SSSR count). The molecule has 0 spiro atoms. The molecule has 2 atom stereocenters. The lowest BCUT2D eigenvalue weighted by atomic mass is 9.76. The number of carbonyl (C=O) groups is 1. The lowest BCUT2D eigenvalue weighted by Gasteiger charge is -2.25. The van der Waals surface area contributed by atoms with Gasteiger partial charge in [-0.05, 0) is 32.6 Å². The Morgan fingerprint density at radius 3 is 2.45 bits per heavy atom. The van der Waals surface area contributed by atoms with Gasteiger partial charge in [-0.1, -0.05) is 0 Å². The molecule has 0 aromatic rings. The highest BCUT2D eigenvalue weighted by Crippen LogP contribution is 2.41. The third-order valence-electron chi connectivity index (χ3n) is 3.07. The molecule has 2 heteroatoms. The van der Waals surface area contributed by atoms with Crippen molar-refractivity contribution >= 4 is 5.91 Å². The highest BCUT2D eigenvalue weighted by atomic mass is 16.2. The molecule has 1 aliphatic heterocycles. The lowest BCUT2D eigenvalue weighted by molar-refractivity contribution is -0.133. The van der Waals surface area contributed by atoms with Crippen molar-refractivity contribution in [1.29, 1.82) is 0 Å². The number of rotatable bonds is 1. The van der Waals surface area contributed by atoms with E-state index in [-0.39, 0.29) is 0 Å². The van der Waals surface area contributed by atoms with Crippen LogP contribution in [0.25, 0.3) is 0 Å². The first-order chi connectivity index (χ1) is 5.20. The summed E-state index contributed by atoms with van der Waals surface area (Å²) >= 11 is 0. The molecule has 2 aliphatic rings. The van der Waals surface area contributed by atoms with E-state index < -0.39 is 0 Å². The van der Waals surface area contributed by atoms with Gasteiger partial charge in [-0.15, -0.1) is 0 Å². The summed E-state index contributed by atoms with van der Waals surface area (Å²) in [5.74, 6) is 1.54. The standard InChI is InChI=1S/C9H15NO/c1-6(2)10-5-7-3-4-8(7)9(10)11/h6-8H,3-5H2,1-2H3/t7-,8?/m1/s1. The second-order valence-corrected chi connectivity index (χ2v) is 4.03. The van der Waals surface area contributed by atoms with E-state index in [1.165, 1.54) is 6.42 Å². The maximum Gasteiger partial charge on any atom is 0.226 e. The zero-order valence-corrected chi connectivity index (χ0v) is 7.21. The van der Waals surface area contributed by atoms with Gasteiger partial charge < -0.3 is 4.90 Å². The molecule has 0 aromatic carbocycles. The fraction of sp³-hybridized carbons (Fsp3) is 0.889. The Hall–Kier alpha value is -0.530. The van der Waals surface area contributed by atoms with Gasteiger partial charge in [0.15, 0.2) is 0 Å². The second kappa shape index (κ2) is 2.23. The van der Waals surface area contributed by atoms with Crippen LogP contribution < -0.4 is 0 Å². The van der Waals surface area contributed by atoms with Crippen molar-refractivity contribution in [3.63, 3.8) is 0 Å². The van der Waals surface area contributed by atoms with Crippen molar-refractivity contribution in [1.82, 2.24) is 4.90 Å². The van der Waals surface area contributed by atoms with Crippen molar-refractivity contribution in [2.75, 3.05) is 6.54 Å². The zero-order chi connectivity index (χ0) is 8.01. The van der Waals surface area contributed by atoms with E-state index in [1.807, 2.05) is 4.90 Å². The number of amides is 1. The van der Waals surface area contributed by atoms with Gasteiger partial charge in [0.25, 0.3) is 0 Å². The summed E-state index contributed by atoms with van der Waals surface area (Å²) in [5.41, 5.74) is 0. The van der Waals surface area contributed by atoms with Gasteiger partial charge in [-0.3, -0.25) is 4.79 Å². The maximum atomic E-state index is 11.5. The fourth-order valence-electron chi connectivity index (χ4n) is 2.13. The predicted molar refractivity (Wildman–Crippen MR) is 43.1 cm³/mol. The Bertz CT molecular complexity index is 188. The van der Waals surface area contributed by atoms with Crippen LogP contribution in [-0.4, -0.2) is 23.4 Å². The quantitative estimate of drug-likeness (QED) is 0.555. The normalized spacial score (nSPS) is 35.9. The summed E-state index contributed by atoms with van der Waals surface area (Å²) in [5, 5.41) is 0. The average Bonchev–Trinajstić information content (AvgIpc) is 2.03. The van der Waals surface area contributed by atoms with E-state index in [2.05, 4.69) is 13.8 Å². The first-order valence-electron chi connectivity index (χ1n) is 4.50. The van der Waals surface area contributed by atoms with Crippen LogP contribution in [0.15, 0.2) is 0 Å². The predicted octanol–water partition coefficient (Wildman–Crippen LogP) is 1.26. The molecule has 62 valence electrons. The fourth-order valence-corrected chi connectivity index (χ4v) is 2.13. The first kappa shape index (κ1) is 7.14.